The molecule has 0 bridgehead atoms. The van der Waals surface area contributed by atoms with Gasteiger partial charge < -0.3 is 4.84 Å². The molecule has 14 heavy (non-hydrogen) atoms. The van der Waals surface area contributed by atoms with Crippen molar-refractivity contribution in [3.8, 4) is 0 Å². The molecule has 0 aliphatic carbocycles. The number of thioether (sulfide) groups is 1. The van der Waals surface area contributed by atoms with Gasteiger partial charge in [0.05, 0.1) is 11.5 Å². The van der Waals surface area contributed by atoms with Crippen molar-refractivity contribution in [3.05, 3.63) is 35.4 Å². The second-order valence-electron chi connectivity index (χ2n) is 2.85. The van der Waals surface area contributed by atoms with E-state index in [1.165, 1.54) is 18.9 Å². The lowest BCUT2D eigenvalue weighted by atomic mass is 10.1. The lowest BCUT2D eigenvalue weighted by Gasteiger charge is -2.00. The van der Waals surface area contributed by atoms with E-state index in [2.05, 4.69) is 9.99 Å². The Morgan fingerprint density at radius 1 is 1.50 bits per heavy atom. The Hall–Kier alpha value is -1.29. The fourth-order valence-corrected chi connectivity index (χ4v) is 2.39. The highest BCUT2D eigenvalue weighted by Crippen LogP contribution is 2.39. The van der Waals surface area contributed by atoms with Gasteiger partial charge in [-0.25, -0.2) is 0 Å². The van der Waals surface area contributed by atoms with Crippen LogP contribution >= 0.6 is 11.8 Å². The van der Waals surface area contributed by atoms with Crippen LogP contribution in [-0.2, 0) is 4.84 Å². The van der Waals surface area contributed by atoms with Gasteiger partial charge in [0, 0.05) is 5.56 Å². The zero-order valence-electron chi connectivity index (χ0n) is 7.64. The first-order valence-electron chi connectivity index (χ1n) is 4.19. The Balaban J connectivity index is 2.34. The minimum Gasteiger partial charge on any atom is -0.399 e. The summed E-state index contributed by atoms with van der Waals surface area (Å²) in [5.41, 5.74) is 1.80. The fraction of sp³-hybridized carbons (Fsp3) is 0.200. The molecule has 1 aliphatic rings. The summed E-state index contributed by atoms with van der Waals surface area (Å²) in [5.74, 6) is 0. The molecule has 1 atom stereocenters. The number of nitrogens with zero attached hydrogens (tertiary/aromatic N) is 1. The second-order valence-corrected chi connectivity index (χ2v) is 3.96. The van der Waals surface area contributed by atoms with Crippen LogP contribution < -0.4 is 0 Å². The molecule has 1 aromatic rings. The molecule has 0 amide bonds. The predicted octanol–water partition coefficient (Wildman–Crippen LogP) is 2.25. The van der Waals surface area contributed by atoms with Crippen molar-refractivity contribution in [1.29, 1.82) is 0 Å². The van der Waals surface area contributed by atoms with Crippen LogP contribution in [0.2, 0.25) is 0 Å². The molecule has 1 aliphatic heterocycles. The minimum atomic E-state index is -0.00125. The van der Waals surface area contributed by atoms with Gasteiger partial charge in [0.1, 0.15) is 7.11 Å². The maximum Gasteiger partial charge on any atom is 0.220 e. The fourth-order valence-electron chi connectivity index (χ4n) is 1.40. The summed E-state index contributed by atoms with van der Waals surface area (Å²) < 4.78 is 0. The third-order valence-corrected chi connectivity index (χ3v) is 3.09. The summed E-state index contributed by atoms with van der Waals surface area (Å²) in [5, 5.41) is 3.79. The average molecular weight is 207 g/mol. The molecule has 3 nitrogen and oxygen atoms in total. The van der Waals surface area contributed by atoms with Gasteiger partial charge in [0.25, 0.3) is 0 Å². The lowest BCUT2D eigenvalue weighted by Crippen LogP contribution is -1.91. The molecule has 0 spiro atoms. The Labute approximate surface area is 86.1 Å². The van der Waals surface area contributed by atoms with Crippen LogP contribution in [0.5, 0.6) is 0 Å². The molecule has 0 aromatic heterocycles. The third-order valence-electron chi connectivity index (χ3n) is 2.02. The summed E-state index contributed by atoms with van der Waals surface area (Å²) in [6.45, 7) is 0. The van der Waals surface area contributed by atoms with Crippen molar-refractivity contribution >= 4 is 23.1 Å². The summed E-state index contributed by atoms with van der Waals surface area (Å²) in [4.78, 5) is 16.1. The topological polar surface area (TPSA) is 38.7 Å². The van der Waals surface area contributed by atoms with E-state index in [9.17, 15) is 4.79 Å². The Morgan fingerprint density at radius 3 is 3.07 bits per heavy atom. The maximum atomic E-state index is 11.5. The molecular weight excluding hydrogens is 198 g/mol. The minimum absolute atomic E-state index is 0.00125. The molecule has 2 rings (SSSR count). The average Bonchev–Trinajstić information content (AvgIpc) is 2.54. The van der Waals surface area contributed by atoms with Crippen LogP contribution in [0.4, 0.5) is 0 Å². The van der Waals surface area contributed by atoms with Gasteiger partial charge in [0.15, 0.2) is 0 Å². The van der Waals surface area contributed by atoms with Crippen molar-refractivity contribution in [1.82, 2.24) is 0 Å². The van der Waals surface area contributed by atoms with Gasteiger partial charge in [-0.1, -0.05) is 41.2 Å². The highest BCUT2D eigenvalue weighted by Gasteiger charge is 2.28. The maximum absolute atomic E-state index is 11.5. The van der Waals surface area contributed by atoms with Crippen LogP contribution in [0, 0.1) is 0 Å². The summed E-state index contributed by atoms with van der Waals surface area (Å²) in [6, 6.07) is 7.57. The van der Waals surface area contributed by atoms with Gasteiger partial charge >= 0.3 is 0 Å². The summed E-state index contributed by atoms with van der Waals surface area (Å²) >= 11 is 1.27. The van der Waals surface area contributed by atoms with Crippen molar-refractivity contribution in [2.45, 2.75) is 5.25 Å². The van der Waals surface area contributed by atoms with Crippen LogP contribution in [0.15, 0.2) is 29.4 Å². The first-order chi connectivity index (χ1) is 6.83. The number of hydrogen-bond acceptors (Lipinski definition) is 4. The first-order valence-corrected chi connectivity index (χ1v) is 5.07. The van der Waals surface area contributed by atoms with Gasteiger partial charge in [-0.05, 0) is 5.56 Å². The molecule has 0 radical (unpaired) electrons. The van der Waals surface area contributed by atoms with E-state index >= 15 is 0 Å². The normalized spacial score (nSPS) is 20.1. The number of hydrogen-bond donors (Lipinski definition) is 0. The number of rotatable bonds is 2. The number of oxime groups is 1. The first kappa shape index (κ1) is 9.27. The molecule has 0 unspecified atom stereocenters. The molecule has 0 saturated carbocycles. The molecule has 0 fully saturated rings. The zero-order valence-corrected chi connectivity index (χ0v) is 8.45. The van der Waals surface area contributed by atoms with Crippen LogP contribution in [0.3, 0.4) is 0 Å². The van der Waals surface area contributed by atoms with E-state index in [4.69, 9.17) is 0 Å². The standard InChI is InChI=1S/C10H9NO2S/c1-13-11-6-9-7-4-2-3-5-8(7)10(12)14-9/h2-6,9H,1H3/b11-6-/t9-/m1/s1. The summed E-state index contributed by atoms with van der Waals surface area (Å²) in [7, 11) is 1.49. The van der Waals surface area contributed by atoms with Gasteiger partial charge in [0.2, 0.25) is 5.12 Å². The molecule has 4 heteroatoms. The van der Waals surface area contributed by atoms with Gasteiger partial charge in [-0.2, -0.15) is 0 Å². The molecule has 0 N–H and O–H groups in total. The SMILES string of the molecule is CO/N=C\[C@H]1SC(=O)c2ccccc21. The lowest BCUT2D eigenvalue weighted by molar-refractivity contribution is 0.109. The molecular formula is C10H9NO2S. The van der Waals surface area contributed by atoms with Crippen molar-refractivity contribution in [2.24, 2.45) is 5.16 Å². The van der Waals surface area contributed by atoms with Crippen LogP contribution in [0.1, 0.15) is 21.2 Å². The molecule has 0 saturated heterocycles. The highest BCUT2D eigenvalue weighted by molar-refractivity contribution is 8.15. The van der Waals surface area contributed by atoms with Crippen molar-refractivity contribution in [3.63, 3.8) is 0 Å². The van der Waals surface area contributed by atoms with Crippen molar-refractivity contribution in [2.75, 3.05) is 7.11 Å². The van der Waals surface area contributed by atoms with E-state index in [1.807, 2.05) is 24.3 Å². The second kappa shape index (κ2) is 3.84. The molecule has 1 heterocycles. The molecule has 1 aromatic carbocycles. The molecule has 72 valence electrons. The summed E-state index contributed by atoms with van der Waals surface area (Å²) in [6.07, 6.45) is 1.65. The monoisotopic (exact) mass is 207 g/mol. The van der Waals surface area contributed by atoms with E-state index < -0.39 is 0 Å². The van der Waals surface area contributed by atoms with E-state index in [0.717, 1.165) is 11.1 Å². The van der Waals surface area contributed by atoms with Gasteiger partial charge in [-0.15, -0.1) is 0 Å². The smallest absolute Gasteiger partial charge is 0.220 e. The van der Waals surface area contributed by atoms with Gasteiger partial charge in [-0.3, -0.25) is 4.79 Å². The van der Waals surface area contributed by atoms with Crippen LogP contribution in [0.25, 0.3) is 0 Å². The van der Waals surface area contributed by atoms with E-state index in [-0.39, 0.29) is 10.4 Å². The number of fused-ring (bicyclic) bond motifs is 1. The van der Waals surface area contributed by atoms with E-state index in [0.29, 0.717) is 0 Å². The number of benzene rings is 1. The number of carbonyl (C=O) groups is 1. The largest absolute Gasteiger partial charge is 0.399 e. The highest BCUT2D eigenvalue weighted by atomic mass is 32.2. The van der Waals surface area contributed by atoms with Crippen molar-refractivity contribution < 1.29 is 9.63 Å². The third kappa shape index (κ3) is 1.53. The van der Waals surface area contributed by atoms with E-state index in [1.54, 1.807) is 6.21 Å². The Kier molecular flexibility index (Phi) is 2.54. The Bertz CT molecular complexity index is 389. The quantitative estimate of drug-likeness (QED) is 0.551. The van der Waals surface area contributed by atoms with Crippen LogP contribution in [-0.4, -0.2) is 18.4 Å². The Morgan fingerprint density at radius 2 is 2.29 bits per heavy atom. The number of carbonyl (C=O) groups excluding carboxylic acids is 1. The zero-order chi connectivity index (χ0) is 9.97. The predicted molar refractivity (Wildman–Crippen MR) is 56.6 cm³/mol.